The number of benzene rings is 1. The fraction of sp³-hybridized carbons (Fsp3) is 0.500. The van der Waals surface area contributed by atoms with Crippen LogP contribution in [0.5, 0.6) is 0 Å². The van der Waals surface area contributed by atoms with Gasteiger partial charge in [-0.25, -0.2) is 0 Å². The molecule has 1 aromatic rings. The Balaban J connectivity index is 1.86. The maximum absolute atomic E-state index is 11.8. The van der Waals surface area contributed by atoms with Crippen LogP contribution in [-0.2, 0) is 9.53 Å². The highest BCUT2D eigenvalue weighted by Crippen LogP contribution is 2.30. The van der Waals surface area contributed by atoms with E-state index in [-0.39, 0.29) is 18.1 Å². The number of nitriles is 1. The molecule has 0 aromatic heterocycles. The SMILES string of the molecule is CC(=O)N1CCOC2CCN(c3ccc(Cl)cc3C#N)CC21. The zero-order valence-corrected chi connectivity index (χ0v) is 13.2. The van der Waals surface area contributed by atoms with Crippen molar-refractivity contribution in [3.63, 3.8) is 0 Å². The molecule has 5 nitrogen and oxygen atoms in total. The van der Waals surface area contributed by atoms with Gasteiger partial charge in [-0.05, 0) is 24.6 Å². The number of carbonyl (C=O) groups excluding carboxylic acids is 1. The number of rotatable bonds is 1. The van der Waals surface area contributed by atoms with E-state index < -0.39 is 0 Å². The number of fused-ring (bicyclic) bond motifs is 1. The smallest absolute Gasteiger partial charge is 0.219 e. The van der Waals surface area contributed by atoms with Gasteiger partial charge in [0.2, 0.25) is 5.91 Å². The van der Waals surface area contributed by atoms with Gasteiger partial charge >= 0.3 is 0 Å². The van der Waals surface area contributed by atoms with Crippen molar-refractivity contribution in [3.05, 3.63) is 28.8 Å². The molecular formula is C16H18ClN3O2. The third kappa shape index (κ3) is 2.77. The van der Waals surface area contributed by atoms with E-state index >= 15 is 0 Å². The topological polar surface area (TPSA) is 56.6 Å². The lowest BCUT2D eigenvalue weighted by atomic mass is 9.97. The van der Waals surface area contributed by atoms with Crippen LogP contribution in [0.25, 0.3) is 0 Å². The standard InChI is InChI=1S/C16H18ClN3O2/c1-11(21)20-6-7-22-16-4-5-19(10-15(16)20)14-3-2-13(17)8-12(14)9-18/h2-3,8,15-16H,4-7,10H2,1H3. The molecule has 2 saturated heterocycles. The molecule has 2 atom stereocenters. The van der Waals surface area contributed by atoms with Gasteiger partial charge in [0.25, 0.3) is 0 Å². The number of carbonyl (C=O) groups is 1. The normalized spacial score (nSPS) is 24.6. The highest BCUT2D eigenvalue weighted by atomic mass is 35.5. The second kappa shape index (κ2) is 6.15. The van der Waals surface area contributed by atoms with Crippen LogP contribution in [-0.4, -0.2) is 49.2 Å². The molecule has 2 fully saturated rings. The van der Waals surface area contributed by atoms with E-state index in [2.05, 4.69) is 11.0 Å². The molecule has 2 aliphatic rings. The third-order valence-corrected chi connectivity index (χ3v) is 4.64. The minimum Gasteiger partial charge on any atom is -0.374 e. The quantitative estimate of drug-likeness (QED) is 0.795. The number of morpholine rings is 1. The van der Waals surface area contributed by atoms with Crippen molar-refractivity contribution in [3.8, 4) is 6.07 Å². The number of anilines is 1. The zero-order valence-electron chi connectivity index (χ0n) is 12.5. The molecule has 2 aliphatic heterocycles. The number of ether oxygens (including phenoxy) is 1. The van der Waals surface area contributed by atoms with Gasteiger partial charge in [0.1, 0.15) is 6.07 Å². The number of halogens is 1. The Labute approximate surface area is 135 Å². The van der Waals surface area contributed by atoms with Gasteiger partial charge in [-0.15, -0.1) is 0 Å². The summed E-state index contributed by atoms with van der Waals surface area (Å²) < 4.78 is 5.82. The van der Waals surface area contributed by atoms with E-state index in [9.17, 15) is 10.1 Å². The first-order valence-electron chi connectivity index (χ1n) is 7.43. The van der Waals surface area contributed by atoms with Crippen LogP contribution >= 0.6 is 11.6 Å². The maximum atomic E-state index is 11.8. The summed E-state index contributed by atoms with van der Waals surface area (Å²) in [6.45, 7) is 4.33. The van der Waals surface area contributed by atoms with Crippen molar-refractivity contribution < 1.29 is 9.53 Å². The van der Waals surface area contributed by atoms with Gasteiger partial charge in [0.15, 0.2) is 0 Å². The number of hydrogen-bond donors (Lipinski definition) is 0. The van der Waals surface area contributed by atoms with Gasteiger partial charge in [-0.3, -0.25) is 4.79 Å². The molecule has 0 saturated carbocycles. The first-order chi connectivity index (χ1) is 10.6. The number of nitrogens with zero attached hydrogens (tertiary/aromatic N) is 3. The minimum absolute atomic E-state index is 0.0437. The molecular weight excluding hydrogens is 302 g/mol. The summed E-state index contributed by atoms with van der Waals surface area (Å²) in [5.41, 5.74) is 1.44. The summed E-state index contributed by atoms with van der Waals surface area (Å²) in [6.07, 6.45) is 0.939. The highest BCUT2D eigenvalue weighted by molar-refractivity contribution is 6.30. The fourth-order valence-corrected chi connectivity index (χ4v) is 3.53. The Morgan fingerprint density at radius 2 is 2.27 bits per heavy atom. The fourth-order valence-electron chi connectivity index (χ4n) is 3.36. The van der Waals surface area contributed by atoms with Crippen LogP contribution in [0.1, 0.15) is 18.9 Å². The van der Waals surface area contributed by atoms with Crippen molar-refractivity contribution in [2.75, 3.05) is 31.1 Å². The van der Waals surface area contributed by atoms with Crippen LogP contribution in [0, 0.1) is 11.3 Å². The first kappa shape index (κ1) is 15.1. The summed E-state index contributed by atoms with van der Waals surface area (Å²) in [6, 6.07) is 7.60. The Hall–Kier alpha value is -1.77. The molecule has 2 heterocycles. The summed E-state index contributed by atoms with van der Waals surface area (Å²) in [5.74, 6) is 0.0803. The van der Waals surface area contributed by atoms with Crippen LogP contribution in [0.4, 0.5) is 5.69 Å². The van der Waals surface area contributed by atoms with Crippen LogP contribution in [0.15, 0.2) is 18.2 Å². The summed E-state index contributed by atoms with van der Waals surface area (Å²) >= 11 is 5.97. The van der Waals surface area contributed by atoms with Gasteiger partial charge in [-0.1, -0.05) is 11.6 Å². The predicted molar refractivity (Wildman–Crippen MR) is 83.9 cm³/mol. The second-order valence-electron chi connectivity index (χ2n) is 5.70. The predicted octanol–water partition coefficient (Wildman–Crippen LogP) is 2.04. The van der Waals surface area contributed by atoms with Gasteiger partial charge < -0.3 is 14.5 Å². The average Bonchev–Trinajstić information content (AvgIpc) is 2.53. The van der Waals surface area contributed by atoms with Crippen LogP contribution < -0.4 is 4.90 Å². The Kier molecular flexibility index (Phi) is 4.23. The Morgan fingerprint density at radius 1 is 1.45 bits per heavy atom. The lowest BCUT2D eigenvalue weighted by Gasteiger charge is -2.47. The van der Waals surface area contributed by atoms with Crippen LogP contribution in [0.3, 0.4) is 0 Å². The molecule has 0 spiro atoms. The van der Waals surface area contributed by atoms with E-state index in [4.69, 9.17) is 16.3 Å². The number of piperidine rings is 1. The van der Waals surface area contributed by atoms with E-state index in [1.54, 1.807) is 19.1 Å². The Bertz CT molecular complexity index is 628. The van der Waals surface area contributed by atoms with Crippen LogP contribution in [0.2, 0.25) is 5.02 Å². The van der Waals surface area contributed by atoms with Crippen molar-refractivity contribution in [1.82, 2.24) is 4.90 Å². The third-order valence-electron chi connectivity index (χ3n) is 4.41. The lowest BCUT2D eigenvalue weighted by Crippen LogP contribution is -2.61. The highest BCUT2D eigenvalue weighted by Gasteiger charge is 2.38. The van der Waals surface area contributed by atoms with Crippen molar-refractivity contribution in [2.24, 2.45) is 0 Å². The molecule has 3 rings (SSSR count). The van der Waals surface area contributed by atoms with Crippen molar-refractivity contribution >= 4 is 23.2 Å². The first-order valence-corrected chi connectivity index (χ1v) is 7.81. The van der Waals surface area contributed by atoms with Crippen molar-refractivity contribution in [2.45, 2.75) is 25.5 Å². The maximum Gasteiger partial charge on any atom is 0.219 e. The summed E-state index contributed by atoms with van der Waals surface area (Å²) in [4.78, 5) is 15.9. The molecule has 0 bridgehead atoms. The largest absolute Gasteiger partial charge is 0.374 e. The van der Waals surface area contributed by atoms with E-state index in [1.807, 2.05) is 11.0 Å². The molecule has 1 amide bonds. The summed E-state index contributed by atoms with van der Waals surface area (Å²) in [7, 11) is 0. The van der Waals surface area contributed by atoms with E-state index in [0.29, 0.717) is 30.3 Å². The zero-order chi connectivity index (χ0) is 15.7. The number of amides is 1. The number of hydrogen-bond acceptors (Lipinski definition) is 4. The molecule has 6 heteroatoms. The average molecular weight is 320 g/mol. The molecule has 1 aromatic carbocycles. The molecule has 0 aliphatic carbocycles. The molecule has 0 radical (unpaired) electrons. The summed E-state index contributed by atoms with van der Waals surface area (Å²) in [5, 5.41) is 9.88. The molecule has 22 heavy (non-hydrogen) atoms. The van der Waals surface area contributed by atoms with E-state index in [0.717, 1.165) is 18.7 Å². The lowest BCUT2D eigenvalue weighted by molar-refractivity contribution is -0.145. The molecule has 116 valence electrons. The van der Waals surface area contributed by atoms with Crippen molar-refractivity contribution in [1.29, 1.82) is 5.26 Å². The monoisotopic (exact) mass is 319 g/mol. The van der Waals surface area contributed by atoms with Gasteiger partial charge in [-0.2, -0.15) is 5.26 Å². The van der Waals surface area contributed by atoms with E-state index in [1.165, 1.54) is 0 Å². The van der Waals surface area contributed by atoms with Gasteiger partial charge in [0.05, 0.1) is 30.0 Å². The molecule has 2 unspecified atom stereocenters. The minimum atomic E-state index is 0.0437. The molecule has 0 N–H and O–H groups in total. The van der Waals surface area contributed by atoms with Gasteiger partial charge in [0, 0.05) is 31.6 Å². The Morgan fingerprint density at radius 3 is 3.00 bits per heavy atom. The second-order valence-corrected chi connectivity index (χ2v) is 6.13.